The largest absolute Gasteiger partial charge is 0.378 e. The molecule has 30 heavy (non-hydrogen) atoms. The van der Waals surface area contributed by atoms with Crippen LogP contribution in [0.2, 0.25) is 5.02 Å². The normalized spacial score (nSPS) is 10.3. The maximum absolute atomic E-state index is 12.3. The molecular formula is C21H18ClN5O2S. The molecule has 1 aromatic heterocycles. The van der Waals surface area contributed by atoms with Crippen LogP contribution >= 0.6 is 23.4 Å². The van der Waals surface area contributed by atoms with Crippen molar-refractivity contribution in [1.82, 2.24) is 9.97 Å². The molecule has 1 amide bonds. The number of nitriles is 1. The number of aromatic amines is 1. The van der Waals surface area contributed by atoms with Crippen LogP contribution in [0.4, 0.5) is 11.4 Å². The van der Waals surface area contributed by atoms with E-state index in [2.05, 4.69) is 15.3 Å². The van der Waals surface area contributed by atoms with Crippen molar-refractivity contribution in [3.63, 3.8) is 0 Å². The van der Waals surface area contributed by atoms with E-state index in [1.54, 1.807) is 24.3 Å². The van der Waals surface area contributed by atoms with Gasteiger partial charge in [0, 0.05) is 36.1 Å². The van der Waals surface area contributed by atoms with E-state index in [0.717, 1.165) is 17.4 Å². The van der Waals surface area contributed by atoms with Crippen molar-refractivity contribution in [2.75, 3.05) is 30.1 Å². The summed E-state index contributed by atoms with van der Waals surface area (Å²) in [7, 11) is 3.88. The van der Waals surface area contributed by atoms with Crippen LogP contribution in [0, 0.1) is 11.3 Å². The Balaban J connectivity index is 1.73. The van der Waals surface area contributed by atoms with Gasteiger partial charge in [0.2, 0.25) is 5.91 Å². The van der Waals surface area contributed by atoms with Crippen molar-refractivity contribution in [2.45, 2.75) is 5.16 Å². The molecule has 7 nitrogen and oxygen atoms in total. The number of aromatic nitrogens is 2. The number of rotatable bonds is 6. The van der Waals surface area contributed by atoms with Crippen LogP contribution in [-0.4, -0.2) is 35.7 Å². The summed E-state index contributed by atoms with van der Waals surface area (Å²) in [5, 5.41) is 12.9. The van der Waals surface area contributed by atoms with Crippen LogP contribution in [0.5, 0.6) is 0 Å². The number of anilines is 2. The molecule has 0 aliphatic heterocycles. The van der Waals surface area contributed by atoms with Gasteiger partial charge in [0.05, 0.1) is 11.4 Å². The third kappa shape index (κ3) is 5.20. The number of hydrogen-bond acceptors (Lipinski definition) is 6. The van der Waals surface area contributed by atoms with Crippen molar-refractivity contribution < 1.29 is 4.79 Å². The third-order valence-corrected chi connectivity index (χ3v) is 5.26. The average Bonchev–Trinajstić information content (AvgIpc) is 2.73. The molecule has 0 atom stereocenters. The number of H-pyrrole nitrogens is 1. The van der Waals surface area contributed by atoms with Crippen molar-refractivity contribution in [3.8, 4) is 17.3 Å². The van der Waals surface area contributed by atoms with Gasteiger partial charge < -0.3 is 15.2 Å². The van der Waals surface area contributed by atoms with Crippen LogP contribution in [0.25, 0.3) is 11.3 Å². The molecule has 0 spiro atoms. The van der Waals surface area contributed by atoms with Gasteiger partial charge in [-0.1, -0.05) is 35.5 Å². The smallest absolute Gasteiger partial charge is 0.270 e. The van der Waals surface area contributed by atoms with Crippen LogP contribution in [0.15, 0.2) is 58.5 Å². The fourth-order valence-electron chi connectivity index (χ4n) is 2.62. The van der Waals surface area contributed by atoms with Gasteiger partial charge in [-0.15, -0.1) is 0 Å². The summed E-state index contributed by atoms with van der Waals surface area (Å²) in [5.41, 5.74) is 1.90. The molecule has 152 valence electrons. The highest BCUT2D eigenvalue weighted by Gasteiger charge is 2.14. The van der Waals surface area contributed by atoms with E-state index in [1.807, 2.05) is 49.3 Å². The molecule has 0 aliphatic rings. The molecule has 0 bridgehead atoms. The molecule has 0 saturated carbocycles. The summed E-state index contributed by atoms with van der Waals surface area (Å²) >= 11 is 6.98. The second-order valence-electron chi connectivity index (χ2n) is 6.49. The standard InChI is InChI=1S/C21H18ClN5O2S/c1-27(2)16-9-7-15(8-10-16)24-18(28)12-30-21-25-19(17(11-23)20(29)26-21)13-3-5-14(22)6-4-13/h3-10H,12H2,1-2H3,(H,24,28)(H,25,26,29). The molecule has 0 unspecified atom stereocenters. The molecule has 1 heterocycles. The number of thioether (sulfide) groups is 1. The lowest BCUT2D eigenvalue weighted by Gasteiger charge is -2.13. The van der Waals surface area contributed by atoms with E-state index < -0.39 is 5.56 Å². The van der Waals surface area contributed by atoms with E-state index in [9.17, 15) is 14.9 Å². The fourth-order valence-corrected chi connectivity index (χ4v) is 3.40. The van der Waals surface area contributed by atoms with Gasteiger partial charge in [0.15, 0.2) is 5.16 Å². The number of nitrogens with one attached hydrogen (secondary N) is 2. The highest BCUT2D eigenvalue weighted by Crippen LogP contribution is 2.24. The zero-order valence-electron chi connectivity index (χ0n) is 16.3. The number of benzene rings is 2. The predicted molar refractivity (Wildman–Crippen MR) is 120 cm³/mol. The average molecular weight is 440 g/mol. The van der Waals surface area contributed by atoms with Crippen molar-refractivity contribution in [2.24, 2.45) is 0 Å². The Kier molecular flexibility index (Phi) is 6.77. The molecule has 0 fully saturated rings. The van der Waals surface area contributed by atoms with E-state index in [0.29, 0.717) is 16.3 Å². The SMILES string of the molecule is CN(C)c1ccc(NC(=O)CSc2nc(-c3ccc(Cl)cc3)c(C#N)c(=O)[nH]2)cc1. The molecule has 2 N–H and O–H groups in total. The molecule has 2 aromatic carbocycles. The third-order valence-electron chi connectivity index (χ3n) is 4.13. The molecule has 0 radical (unpaired) electrons. The highest BCUT2D eigenvalue weighted by molar-refractivity contribution is 7.99. The van der Waals surface area contributed by atoms with Gasteiger partial charge in [0.25, 0.3) is 5.56 Å². The number of halogens is 1. The Hall–Kier alpha value is -3.28. The van der Waals surface area contributed by atoms with Gasteiger partial charge in [-0.2, -0.15) is 5.26 Å². The minimum absolute atomic E-state index is 0.0460. The lowest BCUT2D eigenvalue weighted by molar-refractivity contribution is -0.113. The van der Waals surface area contributed by atoms with E-state index in [1.165, 1.54) is 0 Å². The first kappa shape index (κ1) is 21.4. The van der Waals surface area contributed by atoms with Crippen molar-refractivity contribution >= 4 is 40.6 Å². The van der Waals surface area contributed by atoms with Crippen LogP contribution in [0.1, 0.15) is 5.56 Å². The molecular weight excluding hydrogens is 422 g/mol. The summed E-state index contributed by atoms with van der Waals surface area (Å²) in [6.07, 6.45) is 0. The number of hydrogen-bond donors (Lipinski definition) is 2. The van der Waals surface area contributed by atoms with Gasteiger partial charge in [-0.25, -0.2) is 4.98 Å². The molecule has 9 heteroatoms. The lowest BCUT2D eigenvalue weighted by atomic mass is 10.1. The fraction of sp³-hybridized carbons (Fsp3) is 0.143. The first-order valence-corrected chi connectivity index (χ1v) is 10.2. The van der Waals surface area contributed by atoms with Crippen LogP contribution in [0.3, 0.4) is 0 Å². The second-order valence-corrected chi connectivity index (χ2v) is 7.89. The number of nitrogens with zero attached hydrogens (tertiary/aromatic N) is 3. The molecule has 0 aliphatic carbocycles. The molecule has 3 rings (SSSR count). The quantitative estimate of drug-likeness (QED) is 0.448. The number of amides is 1. The first-order valence-electron chi connectivity index (χ1n) is 8.88. The van der Waals surface area contributed by atoms with Crippen LogP contribution < -0.4 is 15.8 Å². The first-order chi connectivity index (χ1) is 14.4. The van der Waals surface area contributed by atoms with Gasteiger partial charge in [0.1, 0.15) is 11.6 Å². The van der Waals surface area contributed by atoms with E-state index >= 15 is 0 Å². The Morgan fingerprint density at radius 3 is 2.47 bits per heavy atom. The predicted octanol–water partition coefficient (Wildman–Crippen LogP) is 3.76. The Morgan fingerprint density at radius 2 is 1.87 bits per heavy atom. The topological polar surface area (TPSA) is 102 Å². The maximum atomic E-state index is 12.3. The molecule has 3 aromatic rings. The summed E-state index contributed by atoms with van der Waals surface area (Å²) in [6.45, 7) is 0. The summed E-state index contributed by atoms with van der Waals surface area (Å²) in [6, 6.07) is 16.0. The number of carbonyl (C=O) groups excluding carboxylic acids is 1. The van der Waals surface area contributed by atoms with Crippen molar-refractivity contribution in [1.29, 1.82) is 5.26 Å². The minimum atomic E-state index is -0.556. The van der Waals surface area contributed by atoms with Crippen LogP contribution in [-0.2, 0) is 4.79 Å². The Morgan fingerprint density at radius 1 is 1.20 bits per heavy atom. The van der Waals surface area contributed by atoms with Gasteiger partial charge in [-0.05, 0) is 36.4 Å². The Bertz CT molecular complexity index is 1150. The Labute approximate surface area is 182 Å². The maximum Gasteiger partial charge on any atom is 0.270 e. The summed E-state index contributed by atoms with van der Waals surface area (Å²) in [5.74, 6) is -0.192. The van der Waals surface area contributed by atoms with Crippen molar-refractivity contribution in [3.05, 3.63) is 69.5 Å². The van der Waals surface area contributed by atoms with E-state index in [-0.39, 0.29) is 28.1 Å². The van der Waals surface area contributed by atoms with Gasteiger partial charge in [-0.3, -0.25) is 9.59 Å². The summed E-state index contributed by atoms with van der Waals surface area (Å²) < 4.78 is 0. The lowest BCUT2D eigenvalue weighted by Crippen LogP contribution is -2.17. The summed E-state index contributed by atoms with van der Waals surface area (Å²) in [4.78, 5) is 33.5. The minimum Gasteiger partial charge on any atom is -0.378 e. The van der Waals surface area contributed by atoms with E-state index in [4.69, 9.17) is 11.6 Å². The number of carbonyl (C=O) groups is 1. The second kappa shape index (κ2) is 9.48. The molecule has 0 saturated heterocycles. The van der Waals surface area contributed by atoms with Gasteiger partial charge >= 0.3 is 0 Å². The zero-order chi connectivity index (χ0) is 21.7. The highest BCUT2D eigenvalue weighted by atomic mass is 35.5. The monoisotopic (exact) mass is 439 g/mol. The zero-order valence-corrected chi connectivity index (χ0v) is 17.8.